The number of morpholine rings is 1. The van der Waals surface area contributed by atoms with E-state index in [2.05, 4.69) is 14.8 Å². The molecule has 7 heteroatoms. The van der Waals surface area contributed by atoms with Crippen LogP contribution in [0.3, 0.4) is 0 Å². The summed E-state index contributed by atoms with van der Waals surface area (Å²) in [5.41, 5.74) is -0.0238. The lowest BCUT2D eigenvalue weighted by Gasteiger charge is -2.47. The van der Waals surface area contributed by atoms with Crippen molar-refractivity contribution in [2.45, 2.75) is 38.1 Å². The zero-order valence-corrected chi connectivity index (χ0v) is 15.2. The number of rotatable bonds is 5. The fourth-order valence-corrected chi connectivity index (χ4v) is 4.47. The van der Waals surface area contributed by atoms with Gasteiger partial charge in [0.15, 0.2) is 0 Å². The fraction of sp³-hybridized carbons (Fsp3) is 0.611. The Kier molecular flexibility index (Phi) is 5.19. The molecule has 0 amide bonds. The first-order valence-corrected chi connectivity index (χ1v) is 9.78. The van der Waals surface area contributed by atoms with Gasteiger partial charge in [0, 0.05) is 37.8 Å². The fourth-order valence-electron chi connectivity index (χ4n) is 3.81. The van der Waals surface area contributed by atoms with E-state index in [1.165, 1.54) is 5.01 Å². The lowest BCUT2D eigenvalue weighted by atomic mass is 9.89. The summed E-state index contributed by atoms with van der Waals surface area (Å²) in [5, 5.41) is 12.4. The van der Waals surface area contributed by atoms with E-state index in [1.807, 2.05) is 23.7 Å². The van der Waals surface area contributed by atoms with Crippen LogP contribution in [0.15, 0.2) is 28.1 Å². The molecule has 2 aliphatic rings. The number of hydrogen-bond acceptors (Lipinski definition) is 7. The number of aromatic nitrogens is 1. The van der Waals surface area contributed by atoms with Crippen LogP contribution in [0, 0.1) is 0 Å². The van der Waals surface area contributed by atoms with Crippen molar-refractivity contribution in [1.82, 2.24) is 14.8 Å². The molecule has 0 bridgehead atoms. The quantitative estimate of drug-likeness (QED) is 0.878. The highest BCUT2D eigenvalue weighted by atomic mass is 32.1. The second kappa shape index (κ2) is 7.55. The van der Waals surface area contributed by atoms with E-state index in [4.69, 9.17) is 14.3 Å². The van der Waals surface area contributed by atoms with Gasteiger partial charge >= 0.3 is 0 Å². The molecule has 0 atom stereocenters. The number of nitrogens with zero attached hydrogens (tertiary/aromatic N) is 3. The van der Waals surface area contributed by atoms with Crippen LogP contribution < -0.4 is 0 Å². The normalized spacial score (nSPS) is 21.8. The number of aliphatic hydroxyl groups is 1. The first kappa shape index (κ1) is 17.2. The molecule has 0 aliphatic carbocycles. The van der Waals surface area contributed by atoms with Crippen LogP contribution in [-0.2, 0) is 24.4 Å². The minimum Gasteiger partial charge on any atom is -0.462 e. The van der Waals surface area contributed by atoms with Gasteiger partial charge in [-0.3, -0.25) is 9.80 Å². The molecule has 2 aromatic heterocycles. The lowest BCUT2D eigenvalue weighted by Crippen LogP contribution is -2.56. The van der Waals surface area contributed by atoms with E-state index in [-0.39, 0.29) is 12.2 Å². The molecular formula is C18H25N3O3S. The van der Waals surface area contributed by atoms with Crippen LogP contribution in [0.2, 0.25) is 0 Å². The predicted octanol–water partition coefficient (Wildman–Crippen LogP) is 2.10. The van der Waals surface area contributed by atoms with Gasteiger partial charge in [0.25, 0.3) is 0 Å². The third-order valence-corrected chi connectivity index (χ3v) is 5.95. The molecule has 0 unspecified atom stereocenters. The lowest BCUT2D eigenvalue weighted by molar-refractivity contribution is -0.139. The van der Waals surface area contributed by atoms with Crippen molar-refractivity contribution in [2.24, 2.45) is 0 Å². The third kappa shape index (κ3) is 4.12. The van der Waals surface area contributed by atoms with E-state index in [0.29, 0.717) is 5.76 Å². The average molecular weight is 363 g/mol. The minimum atomic E-state index is -0.0397. The molecule has 2 saturated heterocycles. The molecule has 1 spiro atoms. The smallest absolute Gasteiger partial charge is 0.129 e. The van der Waals surface area contributed by atoms with E-state index in [1.54, 1.807) is 11.3 Å². The molecule has 25 heavy (non-hydrogen) atoms. The van der Waals surface area contributed by atoms with Gasteiger partial charge in [0.05, 0.1) is 25.3 Å². The number of piperidine rings is 1. The molecule has 6 nitrogen and oxygen atoms in total. The highest BCUT2D eigenvalue weighted by Crippen LogP contribution is 2.31. The summed E-state index contributed by atoms with van der Waals surface area (Å²) in [6.45, 7) is 6.47. The summed E-state index contributed by atoms with van der Waals surface area (Å²) >= 11 is 1.73. The van der Waals surface area contributed by atoms with Gasteiger partial charge in [0.1, 0.15) is 23.1 Å². The number of hydrogen-bond donors (Lipinski definition) is 1. The number of likely N-dealkylation sites (tertiary alicyclic amines) is 1. The van der Waals surface area contributed by atoms with Gasteiger partial charge in [-0.15, -0.1) is 11.3 Å². The molecule has 2 aliphatic heterocycles. The molecule has 0 radical (unpaired) electrons. The summed E-state index contributed by atoms with van der Waals surface area (Å²) in [7, 11) is 0. The first-order chi connectivity index (χ1) is 12.2. The van der Waals surface area contributed by atoms with Gasteiger partial charge in [-0.05, 0) is 25.0 Å². The van der Waals surface area contributed by atoms with E-state index in [9.17, 15) is 0 Å². The zero-order valence-electron chi connectivity index (χ0n) is 14.4. The Morgan fingerprint density at radius 3 is 2.68 bits per heavy atom. The molecule has 4 rings (SSSR count). The van der Waals surface area contributed by atoms with Crippen LogP contribution in [-0.4, -0.2) is 58.3 Å². The predicted molar refractivity (Wildman–Crippen MR) is 95.2 cm³/mol. The Morgan fingerprint density at radius 2 is 1.96 bits per heavy atom. The van der Waals surface area contributed by atoms with Gasteiger partial charge in [0.2, 0.25) is 0 Å². The van der Waals surface area contributed by atoms with Gasteiger partial charge in [-0.2, -0.15) is 0 Å². The van der Waals surface area contributed by atoms with Crippen molar-refractivity contribution in [3.05, 3.63) is 40.2 Å². The Labute approximate surface area is 152 Å². The maximum absolute atomic E-state index is 9.14. The van der Waals surface area contributed by atoms with Crippen LogP contribution in [0.5, 0.6) is 0 Å². The van der Waals surface area contributed by atoms with Gasteiger partial charge in [-0.25, -0.2) is 4.98 Å². The summed E-state index contributed by atoms with van der Waals surface area (Å²) < 4.78 is 11.9. The van der Waals surface area contributed by atoms with Crippen molar-refractivity contribution in [3.63, 3.8) is 0 Å². The maximum atomic E-state index is 9.14. The second-order valence-corrected chi connectivity index (χ2v) is 7.95. The number of ether oxygens (including phenoxy) is 1. The summed E-state index contributed by atoms with van der Waals surface area (Å²) in [6.07, 6.45) is 4.01. The van der Waals surface area contributed by atoms with Crippen LogP contribution in [0.1, 0.15) is 29.4 Å². The highest BCUT2D eigenvalue weighted by molar-refractivity contribution is 7.09. The van der Waals surface area contributed by atoms with Crippen molar-refractivity contribution in [3.8, 4) is 0 Å². The molecule has 0 saturated carbocycles. The highest BCUT2D eigenvalue weighted by Gasteiger charge is 2.39. The molecule has 2 aromatic rings. The topological polar surface area (TPSA) is 62.0 Å². The Bertz CT molecular complexity index is 665. The molecule has 2 fully saturated rings. The second-order valence-electron chi connectivity index (χ2n) is 6.97. The Balaban J connectivity index is 1.31. The number of aliphatic hydroxyl groups excluding tert-OH is 1. The summed E-state index contributed by atoms with van der Waals surface area (Å²) in [5.74, 6) is 1.55. The maximum Gasteiger partial charge on any atom is 0.129 e. The molecular weight excluding hydrogens is 338 g/mol. The van der Waals surface area contributed by atoms with Crippen molar-refractivity contribution < 1.29 is 14.3 Å². The van der Waals surface area contributed by atoms with Crippen LogP contribution in [0.25, 0.3) is 0 Å². The van der Waals surface area contributed by atoms with Gasteiger partial charge < -0.3 is 14.3 Å². The number of furan rings is 1. The van der Waals surface area contributed by atoms with E-state index >= 15 is 0 Å². The zero-order chi connectivity index (χ0) is 17.1. The number of thiazole rings is 1. The third-order valence-electron chi connectivity index (χ3n) is 5.19. The Morgan fingerprint density at radius 1 is 1.12 bits per heavy atom. The molecule has 1 N–H and O–H groups in total. The van der Waals surface area contributed by atoms with Crippen molar-refractivity contribution in [1.29, 1.82) is 0 Å². The summed E-state index contributed by atoms with van der Waals surface area (Å²) in [6, 6.07) is 3.81. The molecule has 136 valence electrons. The molecule has 0 aromatic carbocycles. The first-order valence-electron chi connectivity index (χ1n) is 8.90. The van der Waals surface area contributed by atoms with Crippen molar-refractivity contribution >= 4 is 11.3 Å². The van der Waals surface area contributed by atoms with Crippen molar-refractivity contribution in [2.75, 3.05) is 32.8 Å². The van der Waals surface area contributed by atoms with Gasteiger partial charge in [-0.1, -0.05) is 0 Å². The minimum absolute atomic E-state index is 0.0238. The monoisotopic (exact) mass is 363 g/mol. The standard InChI is InChI=1S/C18H25N3O3S/c22-13-16-2-1-15(24-16)11-21-8-9-23-18(14-21)3-6-20(7-4-18)12-17-19-5-10-25-17/h1-2,5,10,22H,3-4,6-9,11-14H2. The summed E-state index contributed by atoms with van der Waals surface area (Å²) in [4.78, 5) is 9.29. The average Bonchev–Trinajstić information content (AvgIpc) is 3.29. The van der Waals surface area contributed by atoms with Crippen LogP contribution in [0.4, 0.5) is 0 Å². The van der Waals surface area contributed by atoms with Crippen LogP contribution >= 0.6 is 11.3 Å². The van der Waals surface area contributed by atoms with E-state index < -0.39 is 0 Å². The SMILES string of the molecule is OCc1ccc(CN2CCOC3(CCN(Cc4nccs4)CC3)C2)o1. The van der Waals surface area contributed by atoms with E-state index in [0.717, 1.165) is 64.5 Å². The Hall–Kier alpha value is -1.25. The largest absolute Gasteiger partial charge is 0.462 e. The molecule has 4 heterocycles.